The maximum atomic E-state index is 10.1. The van der Waals surface area contributed by atoms with Crippen molar-refractivity contribution in [2.24, 2.45) is 5.92 Å². The zero-order valence-electron chi connectivity index (χ0n) is 8.95. The summed E-state index contributed by atoms with van der Waals surface area (Å²) in [4.78, 5) is 19.8. The lowest BCUT2D eigenvalue weighted by Crippen LogP contribution is -2.08. The van der Waals surface area contributed by atoms with Crippen molar-refractivity contribution < 1.29 is 19.4 Å². The first kappa shape index (κ1) is 15.2. The van der Waals surface area contributed by atoms with Crippen LogP contribution in [0, 0.1) is 5.92 Å². The van der Waals surface area contributed by atoms with Gasteiger partial charge in [-0.3, -0.25) is 9.59 Å². The molecule has 0 saturated carbocycles. The van der Waals surface area contributed by atoms with Crippen LogP contribution in [0.2, 0.25) is 0 Å². The van der Waals surface area contributed by atoms with Crippen molar-refractivity contribution >= 4 is 11.9 Å². The van der Waals surface area contributed by atoms with E-state index in [4.69, 9.17) is 5.11 Å². The van der Waals surface area contributed by atoms with E-state index in [1.807, 2.05) is 6.92 Å². The number of aliphatic carboxylic acids is 1. The van der Waals surface area contributed by atoms with Crippen molar-refractivity contribution in [1.29, 1.82) is 0 Å². The van der Waals surface area contributed by atoms with Crippen molar-refractivity contribution in [3.8, 4) is 0 Å². The van der Waals surface area contributed by atoms with Crippen molar-refractivity contribution in [3.05, 3.63) is 12.8 Å². The average molecular weight is 202 g/mol. The minimum absolute atomic E-state index is 0.167. The zero-order chi connectivity index (χ0) is 11.6. The van der Waals surface area contributed by atoms with Crippen molar-refractivity contribution in [2.75, 3.05) is 0 Å². The Morgan fingerprint density at radius 1 is 1.57 bits per heavy atom. The van der Waals surface area contributed by atoms with Gasteiger partial charge in [-0.05, 0) is 6.42 Å². The largest absolute Gasteiger partial charge is 0.481 e. The summed E-state index contributed by atoms with van der Waals surface area (Å²) >= 11 is 0. The fourth-order valence-corrected chi connectivity index (χ4v) is 0.674. The fourth-order valence-electron chi connectivity index (χ4n) is 0.674. The molecule has 0 aliphatic rings. The first-order valence-corrected chi connectivity index (χ1v) is 4.46. The molecule has 4 heteroatoms. The molecule has 1 N–H and O–H groups in total. The van der Waals surface area contributed by atoms with Gasteiger partial charge in [-0.25, -0.2) is 0 Å². The molecule has 0 spiro atoms. The van der Waals surface area contributed by atoms with Crippen LogP contribution in [0.1, 0.15) is 33.6 Å². The number of carbonyl (C=O) groups excluding carboxylic acids is 1. The highest BCUT2D eigenvalue weighted by atomic mass is 16.5. The van der Waals surface area contributed by atoms with E-state index in [1.54, 1.807) is 6.92 Å². The van der Waals surface area contributed by atoms with E-state index in [-0.39, 0.29) is 11.9 Å². The van der Waals surface area contributed by atoms with Gasteiger partial charge in [0.25, 0.3) is 0 Å². The van der Waals surface area contributed by atoms with Gasteiger partial charge in [0.05, 0.1) is 12.2 Å². The van der Waals surface area contributed by atoms with Gasteiger partial charge in [-0.2, -0.15) is 0 Å². The molecule has 0 aromatic rings. The Labute approximate surface area is 84.6 Å². The summed E-state index contributed by atoms with van der Waals surface area (Å²) in [6, 6.07) is 0. The van der Waals surface area contributed by atoms with Gasteiger partial charge < -0.3 is 9.84 Å². The lowest BCUT2D eigenvalue weighted by molar-refractivity contribution is -0.141. The highest BCUT2D eigenvalue weighted by Gasteiger charge is 2.07. The third-order valence-corrected chi connectivity index (χ3v) is 1.39. The smallest absolute Gasteiger partial charge is 0.307 e. The van der Waals surface area contributed by atoms with E-state index in [2.05, 4.69) is 11.3 Å². The fraction of sp³-hybridized carbons (Fsp3) is 0.600. The summed E-state index contributed by atoms with van der Waals surface area (Å²) in [6.07, 6.45) is 2.84. The number of hydrogen-bond acceptors (Lipinski definition) is 3. The summed E-state index contributed by atoms with van der Waals surface area (Å²) in [5, 5.41) is 8.31. The highest BCUT2D eigenvalue weighted by molar-refractivity contribution is 5.69. The van der Waals surface area contributed by atoms with Crippen LogP contribution >= 0.6 is 0 Å². The molecule has 0 radical (unpaired) electrons. The summed E-state index contributed by atoms with van der Waals surface area (Å²) in [7, 11) is 0. The molecule has 0 aromatic carbocycles. The molecular formula is C10H18O4. The molecule has 0 rings (SSSR count). The SMILES string of the molecule is C=COC(C)=O.CCCC(C)C(=O)O. The van der Waals surface area contributed by atoms with Crippen LogP contribution in [0.25, 0.3) is 0 Å². The van der Waals surface area contributed by atoms with Crippen molar-refractivity contribution in [2.45, 2.75) is 33.6 Å². The number of hydrogen-bond donors (Lipinski definition) is 1. The number of esters is 1. The molecule has 0 amide bonds. The van der Waals surface area contributed by atoms with E-state index in [0.29, 0.717) is 0 Å². The predicted molar refractivity (Wildman–Crippen MR) is 53.7 cm³/mol. The second-order valence-corrected chi connectivity index (χ2v) is 2.80. The van der Waals surface area contributed by atoms with Crippen molar-refractivity contribution in [3.63, 3.8) is 0 Å². The lowest BCUT2D eigenvalue weighted by Gasteiger charge is -2.00. The highest BCUT2D eigenvalue weighted by Crippen LogP contribution is 2.03. The maximum Gasteiger partial charge on any atom is 0.307 e. The predicted octanol–water partition coefficient (Wildman–Crippen LogP) is 2.20. The Kier molecular flexibility index (Phi) is 10.6. The van der Waals surface area contributed by atoms with Gasteiger partial charge in [-0.1, -0.05) is 26.8 Å². The van der Waals surface area contributed by atoms with E-state index in [0.717, 1.165) is 19.1 Å². The lowest BCUT2D eigenvalue weighted by atomic mass is 10.1. The normalized spacial score (nSPS) is 10.5. The topological polar surface area (TPSA) is 63.6 Å². The minimum atomic E-state index is -0.688. The van der Waals surface area contributed by atoms with Gasteiger partial charge >= 0.3 is 11.9 Å². The van der Waals surface area contributed by atoms with E-state index in [9.17, 15) is 9.59 Å². The molecule has 0 bridgehead atoms. The van der Waals surface area contributed by atoms with E-state index in [1.165, 1.54) is 6.92 Å². The van der Waals surface area contributed by atoms with Gasteiger partial charge in [0.2, 0.25) is 0 Å². The van der Waals surface area contributed by atoms with Crippen LogP contribution in [0.5, 0.6) is 0 Å². The molecule has 14 heavy (non-hydrogen) atoms. The second-order valence-electron chi connectivity index (χ2n) is 2.80. The third kappa shape index (κ3) is 13.3. The maximum absolute atomic E-state index is 10.1. The molecule has 0 aliphatic carbocycles. The quantitative estimate of drug-likeness (QED) is 0.560. The van der Waals surface area contributed by atoms with Crippen LogP contribution in [-0.2, 0) is 14.3 Å². The Morgan fingerprint density at radius 2 is 2.07 bits per heavy atom. The first-order chi connectivity index (χ1) is 6.45. The molecular weight excluding hydrogens is 184 g/mol. The molecule has 0 aliphatic heterocycles. The first-order valence-electron chi connectivity index (χ1n) is 4.46. The number of carbonyl (C=O) groups is 2. The monoisotopic (exact) mass is 202 g/mol. The van der Waals surface area contributed by atoms with Gasteiger partial charge in [0, 0.05) is 6.92 Å². The molecule has 82 valence electrons. The Bertz CT molecular complexity index is 187. The molecule has 4 nitrogen and oxygen atoms in total. The van der Waals surface area contributed by atoms with Gasteiger partial charge in [0.1, 0.15) is 0 Å². The van der Waals surface area contributed by atoms with Gasteiger partial charge in [-0.15, -0.1) is 0 Å². The standard InChI is InChI=1S/C6H12O2.C4H6O2/c1-3-4-5(2)6(7)8;1-3-6-4(2)5/h5H,3-4H2,1-2H3,(H,7,8);3H,1H2,2H3. The number of carboxylic acid groups (broad SMARTS) is 1. The van der Waals surface area contributed by atoms with Crippen LogP contribution in [0.3, 0.4) is 0 Å². The molecule has 1 atom stereocenters. The minimum Gasteiger partial charge on any atom is -0.481 e. The van der Waals surface area contributed by atoms with Crippen LogP contribution in [0.4, 0.5) is 0 Å². The zero-order valence-corrected chi connectivity index (χ0v) is 8.95. The molecule has 0 saturated heterocycles. The molecule has 1 unspecified atom stereocenters. The third-order valence-electron chi connectivity index (χ3n) is 1.39. The van der Waals surface area contributed by atoms with Crippen molar-refractivity contribution in [1.82, 2.24) is 0 Å². The van der Waals surface area contributed by atoms with Crippen LogP contribution < -0.4 is 0 Å². The Hall–Kier alpha value is -1.32. The second kappa shape index (κ2) is 9.77. The van der Waals surface area contributed by atoms with Crippen LogP contribution in [-0.4, -0.2) is 17.0 Å². The van der Waals surface area contributed by atoms with E-state index < -0.39 is 5.97 Å². The summed E-state index contributed by atoms with van der Waals surface area (Å²) in [6.45, 7) is 8.19. The van der Waals surface area contributed by atoms with Gasteiger partial charge in [0.15, 0.2) is 0 Å². The Balaban J connectivity index is 0. The average Bonchev–Trinajstić information content (AvgIpc) is 2.05. The number of carboxylic acids is 1. The summed E-state index contributed by atoms with van der Waals surface area (Å²) in [5.41, 5.74) is 0. The number of rotatable bonds is 4. The van der Waals surface area contributed by atoms with E-state index >= 15 is 0 Å². The molecule has 0 aromatic heterocycles. The van der Waals surface area contributed by atoms with Crippen LogP contribution in [0.15, 0.2) is 12.8 Å². The number of ether oxygens (including phenoxy) is 1. The molecule has 0 heterocycles. The summed E-state index contributed by atoms with van der Waals surface area (Å²) in [5.74, 6) is -1.18. The molecule has 0 fully saturated rings. The Morgan fingerprint density at radius 3 is 2.14 bits per heavy atom. The summed E-state index contributed by atoms with van der Waals surface area (Å²) < 4.78 is 4.17.